The van der Waals surface area contributed by atoms with Crippen LogP contribution in [0.5, 0.6) is 0 Å². The quantitative estimate of drug-likeness (QED) is 0.711. The van der Waals surface area contributed by atoms with Crippen LogP contribution in [-0.2, 0) is 0 Å². The summed E-state index contributed by atoms with van der Waals surface area (Å²) < 4.78 is 1.10. The number of hydrogen-bond acceptors (Lipinski definition) is 3. The lowest BCUT2D eigenvalue weighted by Gasteiger charge is -2.05. The molecular formula is C19H20N2OS. The highest BCUT2D eigenvalue weighted by Crippen LogP contribution is 2.31. The lowest BCUT2D eigenvalue weighted by atomic mass is 10.0. The molecule has 0 radical (unpaired) electrons. The first-order valence-electron chi connectivity index (χ1n) is 7.73. The molecule has 1 heterocycles. The first kappa shape index (κ1) is 15.7. The molecule has 3 rings (SSSR count). The van der Waals surface area contributed by atoms with Crippen LogP contribution in [-0.4, -0.2) is 10.9 Å². The number of carbonyl (C=O) groups is 1. The van der Waals surface area contributed by atoms with E-state index < -0.39 is 0 Å². The van der Waals surface area contributed by atoms with Crippen LogP contribution in [0.25, 0.3) is 10.2 Å². The number of benzene rings is 2. The van der Waals surface area contributed by atoms with E-state index in [1.54, 1.807) is 0 Å². The summed E-state index contributed by atoms with van der Waals surface area (Å²) in [6.07, 6.45) is 0. The van der Waals surface area contributed by atoms with Gasteiger partial charge in [-0.25, -0.2) is 4.98 Å². The lowest BCUT2D eigenvalue weighted by Crippen LogP contribution is -2.12. The molecule has 4 heteroatoms. The van der Waals surface area contributed by atoms with Crippen LogP contribution in [0.4, 0.5) is 5.13 Å². The summed E-state index contributed by atoms with van der Waals surface area (Å²) in [7, 11) is 0. The molecule has 1 aromatic heterocycles. The number of rotatable bonds is 3. The summed E-state index contributed by atoms with van der Waals surface area (Å²) in [5, 5.41) is 3.59. The summed E-state index contributed by atoms with van der Waals surface area (Å²) in [6.45, 7) is 8.30. The van der Waals surface area contributed by atoms with Gasteiger partial charge in [-0.1, -0.05) is 54.5 Å². The van der Waals surface area contributed by atoms with E-state index in [9.17, 15) is 4.79 Å². The highest BCUT2D eigenvalue weighted by Gasteiger charge is 2.13. The summed E-state index contributed by atoms with van der Waals surface area (Å²) in [5.41, 5.74) is 5.04. The number of aryl methyl sites for hydroxylation is 2. The standard InChI is InChI=1S/C19H20N2OS/c1-11(2)15-6-5-7-16-17(15)20-19(23-16)21-18(22)14-9-12(3)8-13(4)10-14/h5-11H,1-4H3,(H,20,21,22). The Morgan fingerprint density at radius 3 is 2.48 bits per heavy atom. The number of nitrogens with one attached hydrogen (secondary N) is 1. The fraction of sp³-hybridized carbons (Fsp3) is 0.263. The van der Waals surface area contributed by atoms with Crippen LogP contribution in [0.15, 0.2) is 36.4 Å². The van der Waals surface area contributed by atoms with Crippen LogP contribution in [0.2, 0.25) is 0 Å². The number of anilines is 1. The third kappa shape index (κ3) is 3.27. The Kier molecular flexibility index (Phi) is 4.18. The predicted octanol–water partition coefficient (Wildman–Crippen LogP) is 5.29. The molecule has 0 spiro atoms. The zero-order valence-electron chi connectivity index (χ0n) is 13.8. The highest BCUT2D eigenvalue weighted by molar-refractivity contribution is 7.22. The van der Waals surface area contributed by atoms with Crippen molar-refractivity contribution in [3.05, 3.63) is 58.7 Å². The van der Waals surface area contributed by atoms with Gasteiger partial charge in [0.1, 0.15) is 0 Å². The number of fused-ring (bicyclic) bond motifs is 1. The van der Waals surface area contributed by atoms with Crippen LogP contribution in [0.1, 0.15) is 46.8 Å². The van der Waals surface area contributed by atoms with Crippen molar-refractivity contribution in [1.82, 2.24) is 4.98 Å². The average molecular weight is 324 g/mol. The fourth-order valence-electron chi connectivity index (χ4n) is 2.76. The summed E-state index contributed by atoms with van der Waals surface area (Å²) in [5.74, 6) is 0.297. The molecule has 23 heavy (non-hydrogen) atoms. The number of para-hydroxylation sites is 1. The Labute approximate surface area is 140 Å². The van der Waals surface area contributed by atoms with E-state index in [0.29, 0.717) is 16.6 Å². The third-order valence-corrected chi connectivity index (χ3v) is 4.71. The molecule has 0 saturated heterocycles. The van der Waals surface area contributed by atoms with Crippen molar-refractivity contribution in [2.75, 3.05) is 5.32 Å². The van der Waals surface area contributed by atoms with E-state index in [-0.39, 0.29) is 5.91 Å². The molecule has 3 aromatic rings. The number of thiazole rings is 1. The number of aromatic nitrogens is 1. The molecule has 0 aliphatic carbocycles. The van der Waals surface area contributed by atoms with Crippen LogP contribution in [0.3, 0.4) is 0 Å². The Balaban J connectivity index is 1.92. The minimum absolute atomic E-state index is 0.109. The Bertz CT molecular complexity index is 860. The first-order valence-corrected chi connectivity index (χ1v) is 8.55. The second-order valence-electron chi connectivity index (χ2n) is 6.20. The van der Waals surface area contributed by atoms with Gasteiger partial charge in [-0.15, -0.1) is 0 Å². The molecule has 0 atom stereocenters. The lowest BCUT2D eigenvalue weighted by molar-refractivity contribution is 0.102. The Morgan fingerprint density at radius 1 is 1.13 bits per heavy atom. The maximum absolute atomic E-state index is 12.5. The molecule has 0 aliphatic heterocycles. The van der Waals surface area contributed by atoms with Crippen molar-refractivity contribution < 1.29 is 4.79 Å². The predicted molar refractivity (Wildman–Crippen MR) is 97.6 cm³/mol. The molecule has 1 amide bonds. The van der Waals surface area contributed by atoms with Gasteiger partial charge in [0.2, 0.25) is 0 Å². The Hall–Kier alpha value is -2.20. The molecule has 1 N–H and O–H groups in total. The molecule has 0 unspecified atom stereocenters. The van der Waals surface area contributed by atoms with Crippen molar-refractivity contribution in [2.45, 2.75) is 33.6 Å². The van der Waals surface area contributed by atoms with Gasteiger partial charge >= 0.3 is 0 Å². The number of amides is 1. The smallest absolute Gasteiger partial charge is 0.257 e. The van der Waals surface area contributed by atoms with Crippen molar-refractivity contribution in [3.8, 4) is 0 Å². The van der Waals surface area contributed by atoms with Crippen LogP contribution >= 0.6 is 11.3 Å². The zero-order chi connectivity index (χ0) is 16.6. The highest BCUT2D eigenvalue weighted by atomic mass is 32.1. The first-order chi connectivity index (χ1) is 10.9. The van der Waals surface area contributed by atoms with Gasteiger partial charge in [-0.3, -0.25) is 10.1 Å². The van der Waals surface area contributed by atoms with Gasteiger partial charge < -0.3 is 0 Å². The van der Waals surface area contributed by atoms with Gasteiger partial charge in [0.05, 0.1) is 10.2 Å². The second kappa shape index (κ2) is 6.13. The number of hydrogen-bond donors (Lipinski definition) is 1. The SMILES string of the molecule is Cc1cc(C)cc(C(=O)Nc2nc3c(C(C)C)cccc3s2)c1. The molecule has 0 saturated carbocycles. The number of nitrogens with zero attached hydrogens (tertiary/aromatic N) is 1. The monoisotopic (exact) mass is 324 g/mol. The van der Waals surface area contributed by atoms with Gasteiger partial charge in [0, 0.05) is 5.56 Å². The molecule has 0 fully saturated rings. The van der Waals surface area contributed by atoms with E-state index in [1.165, 1.54) is 16.9 Å². The summed E-state index contributed by atoms with van der Waals surface area (Å²) >= 11 is 1.52. The second-order valence-corrected chi connectivity index (χ2v) is 7.23. The fourth-order valence-corrected chi connectivity index (χ4v) is 3.66. The summed E-state index contributed by atoms with van der Waals surface area (Å²) in [4.78, 5) is 17.1. The van der Waals surface area contributed by atoms with Crippen molar-refractivity contribution in [3.63, 3.8) is 0 Å². The minimum Gasteiger partial charge on any atom is -0.298 e. The summed E-state index contributed by atoms with van der Waals surface area (Å²) in [6, 6.07) is 12.0. The van der Waals surface area contributed by atoms with Crippen LogP contribution in [0, 0.1) is 13.8 Å². The largest absolute Gasteiger partial charge is 0.298 e. The maximum Gasteiger partial charge on any atom is 0.257 e. The minimum atomic E-state index is -0.109. The third-order valence-electron chi connectivity index (χ3n) is 3.78. The molecule has 118 valence electrons. The molecule has 0 bridgehead atoms. The Morgan fingerprint density at radius 2 is 1.83 bits per heavy atom. The van der Waals surface area contributed by atoms with Crippen molar-refractivity contribution in [2.24, 2.45) is 0 Å². The van der Waals surface area contributed by atoms with E-state index in [0.717, 1.165) is 21.3 Å². The molecule has 2 aromatic carbocycles. The van der Waals surface area contributed by atoms with Crippen molar-refractivity contribution in [1.29, 1.82) is 0 Å². The van der Waals surface area contributed by atoms with Gasteiger partial charge in [-0.05, 0) is 43.5 Å². The van der Waals surface area contributed by atoms with Gasteiger partial charge in [0.15, 0.2) is 5.13 Å². The molecular weight excluding hydrogens is 304 g/mol. The van der Waals surface area contributed by atoms with E-state index in [4.69, 9.17) is 0 Å². The number of carbonyl (C=O) groups excluding carboxylic acids is 1. The normalized spacial score (nSPS) is 11.2. The van der Waals surface area contributed by atoms with E-state index in [2.05, 4.69) is 36.3 Å². The maximum atomic E-state index is 12.5. The van der Waals surface area contributed by atoms with E-state index >= 15 is 0 Å². The van der Waals surface area contributed by atoms with Crippen LogP contribution < -0.4 is 5.32 Å². The van der Waals surface area contributed by atoms with Crippen molar-refractivity contribution >= 4 is 32.6 Å². The van der Waals surface area contributed by atoms with Gasteiger partial charge in [-0.2, -0.15) is 0 Å². The molecule has 0 aliphatic rings. The van der Waals surface area contributed by atoms with Gasteiger partial charge in [0.25, 0.3) is 5.91 Å². The van der Waals surface area contributed by atoms with E-state index in [1.807, 2.05) is 38.1 Å². The average Bonchev–Trinajstić information content (AvgIpc) is 2.87. The zero-order valence-corrected chi connectivity index (χ0v) is 14.6. The topological polar surface area (TPSA) is 42.0 Å². The molecule has 3 nitrogen and oxygen atoms in total.